The lowest BCUT2D eigenvalue weighted by Gasteiger charge is -2.14. The van der Waals surface area contributed by atoms with E-state index in [9.17, 15) is 13.2 Å². The van der Waals surface area contributed by atoms with Crippen LogP contribution in [-0.4, -0.2) is 64.1 Å². The summed E-state index contributed by atoms with van der Waals surface area (Å²) < 4.78 is 49.0. The van der Waals surface area contributed by atoms with Crippen molar-refractivity contribution in [1.82, 2.24) is 15.6 Å². The highest BCUT2D eigenvalue weighted by atomic mass is 19.4. The van der Waals surface area contributed by atoms with Crippen LogP contribution in [0.3, 0.4) is 0 Å². The molecule has 0 unspecified atom stereocenters. The second-order valence-corrected chi connectivity index (χ2v) is 5.47. The molecule has 0 aliphatic rings. The van der Waals surface area contributed by atoms with Gasteiger partial charge in [-0.15, -0.1) is 0 Å². The van der Waals surface area contributed by atoms with Crippen LogP contribution in [0.1, 0.15) is 18.9 Å². The largest absolute Gasteiger partial charge is 0.419 e. The molecule has 0 radical (unpaired) electrons. The standard InChI is InChI=1S/C17H28F3N5O2/c1-3-21-16(24-8-5-11-27-13-12-26-2)25-10-9-23-15-14(17(18,19)20)6-4-7-22-15/h4,6-7H,3,5,8-13H2,1-2H3,(H,22,23)(H2,21,24,25). The van der Waals surface area contributed by atoms with E-state index in [0.717, 1.165) is 12.5 Å². The highest BCUT2D eigenvalue weighted by molar-refractivity contribution is 5.79. The molecule has 27 heavy (non-hydrogen) atoms. The maximum absolute atomic E-state index is 12.9. The number of aromatic nitrogens is 1. The monoisotopic (exact) mass is 391 g/mol. The van der Waals surface area contributed by atoms with Gasteiger partial charge in [-0.3, -0.25) is 4.99 Å². The fourth-order valence-electron chi connectivity index (χ4n) is 2.08. The SMILES string of the molecule is CCNC(=NCCCOCCOC)NCCNc1ncccc1C(F)(F)F. The third-order valence-corrected chi connectivity index (χ3v) is 3.32. The van der Waals surface area contributed by atoms with E-state index >= 15 is 0 Å². The van der Waals surface area contributed by atoms with Crippen LogP contribution in [0.4, 0.5) is 19.0 Å². The fraction of sp³-hybridized carbons (Fsp3) is 0.647. The van der Waals surface area contributed by atoms with Gasteiger partial charge in [-0.1, -0.05) is 0 Å². The number of halogens is 3. The van der Waals surface area contributed by atoms with Gasteiger partial charge >= 0.3 is 6.18 Å². The van der Waals surface area contributed by atoms with Gasteiger partial charge in [0, 0.05) is 46.1 Å². The highest BCUT2D eigenvalue weighted by Gasteiger charge is 2.33. The Bertz CT molecular complexity index is 556. The predicted molar refractivity (Wildman–Crippen MR) is 99.0 cm³/mol. The zero-order valence-electron chi connectivity index (χ0n) is 15.7. The molecule has 0 aromatic carbocycles. The van der Waals surface area contributed by atoms with Crippen LogP contribution in [0.15, 0.2) is 23.3 Å². The van der Waals surface area contributed by atoms with Gasteiger partial charge < -0.3 is 25.4 Å². The number of hydrogen-bond donors (Lipinski definition) is 3. The van der Waals surface area contributed by atoms with E-state index < -0.39 is 11.7 Å². The molecule has 7 nitrogen and oxygen atoms in total. The van der Waals surface area contributed by atoms with Crippen molar-refractivity contribution < 1.29 is 22.6 Å². The van der Waals surface area contributed by atoms with Crippen molar-refractivity contribution in [2.75, 3.05) is 58.4 Å². The minimum Gasteiger partial charge on any atom is -0.382 e. The maximum Gasteiger partial charge on any atom is 0.419 e. The average Bonchev–Trinajstić information content (AvgIpc) is 2.64. The zero-order chi connectivity index (χ0) is 20.0. The topological polar surface area (TPSA) is 79.8 Å². The minimum atomic E-state index is -4.44. The predicted octanol–water partition coefficient (Wildman–Crippen LogP) is 2.12. The summed E-state index contributed by atoms with van der Waals surface area (Å²) in [5.41, 5.74) is -0.779. The number of alkyl halides is 3. The number of guanidine groups is 1. The third-order valence-electron chi connectivity index (χ3n) is 3.32. The summed E-state index contributed by atoms with van der Waals surface area (Å²) in [4.78, 5) is 8.15. The Balaban J connectivity index is 2.35. The number of anilines is 1. The third kappa shape index (κ3) is 10.00. The van der Waals surface area contributed by atoms with E-state index in [-0.39, 0.29) is 12.4 Å². The number of hydrogen-bond acceptors (Lipinski definition) is 5. The number of nitrogens with zero attached hydrogens (tertiary/aromatic N) is 2. The van der Waals surface area contributed by atoms with Gasteiger partial charge in [0.25, 0.3) is 0 Å². The molecule has 0 aliphatic heterocycles. The van der Waals surface area contributed by atoms with Crippen molar-refractivity contribution in [2.24, 2.45) is 4.99 Å². The van der Waals surface area contributed by atoms with Crippen LogP contribution >= 0.6 is 0 Å². The van der Waals surface area contributed by atoms with Crippen molar-refractivity contribution in [3.8, 4) is 0 Å². The lowest BCUT2D eigenvalue weighted by molar-refractivity contribution is -0.137. The Morgan fingerprint density at radius 3 is 2.70 bits per heavy atom. The maximum atomic E-state index is 12.9. The van der Waals surface area contributed by atoms with Crippen LogP contribution in [-0.2, 0) is 15.7 Å². The summed E-state index contributed by atoms with van der Waals surface area (Å²) in [5, 5.41) is 8.85. The molecular weight excluding hydrogens is 363 g/mol. The van der Waals surface area contributed by atoms with Crippen LogP contribution in [0.5, 0.6) is 0 Å². The van der Waals surface area contributed by atoms with Gasteiger partial charge in [-0.05, 0) is 25.5 Å². The first-order chi connectivity index (χ1) is 13.0. The Morgan fingerprint density at radius 2 is 2.00 bits per heavy atom. The van der Waals surface area contributed by atoms with Crippen molar-refractivity contribution in [3.05, 3.63) is 23.9 Å². The van der Waals surface area contributed by atoms with Crippen LogP contribution in [0.25, 0.3) is 0 Å². The molecular formula is C17H28F3N5O2. The lowest BCUT2D eigenvalue weighted by Crippen LogP contribution is -2.39. The molecule has 154 valence electrons. The Kier molecular flexibility index (Phi) is 11.2. The molecule has 0 bridgehead atoms. The van der Waals surface area contributed by atoms with E-state index in [1.807, 2.05) is 6.92 Å². The summed E-state index contributed by atoms with van der Waals surface area (Å²) in [7, 11) is 1.62. The summed E-state index contributed by atoms with van der Waals surface area (Å²) in [6.07, 6.45) is -2.35. The second-order valence-electron chi connectivity index (χ2n) is 5.47. The van der Waals surface area contributed by atoms with Crippen molar-refractivity contribution in [1.29, 1.82) is 0 Å². The number of rotatable bonds is 12. The first-order valence-corrected chi connectivity index (χ1v) is 8.84. The van der Waals surface area contributed by atoms with E-state index in [0.29, 0.717) is 45.4 Å². The molecule has 1 aromatic heterocycles. The van der Waals surface area contributed by atoms with Gasteiger partial charge in [0.15, 0.2) is 5.96 Å². The van der Waals surface area contributed by atoms with Gasteiger partial charge in [-0.25, -0.2) is 4.98 Å². The van der Waals surface area contributed by atoms with Crippen molar-refractivity contribution in [2.45, 2.75) is 19.5 Å². The summed E-state index contributed by atoms with van der Waals surface area (Å²) in [5.74, 6) is 0.426. The fourth-order valence-corrected chi connectivity index (χ4v) is 2.08. The van der Waals surface area contributed by atoms with E-state index in [2.05, 4.69) is 25.9 Å². The van der Waals surface area contributed by atoms with Gasteiger partial charge in [0.1, 0.15) is 5.82 Å². The molecule has 1 aromatic rings. The molecule has 0 saturated heterocycles. The second kappa shape index (κ2) is 13.2. The molecule has 10 heteroatoms. The number of nitrogens with one attached hydrogen (secondary N) is 3. The molecule has 0 spiro atoms. The first-order valence-electron chi connectivity index (χ1n) is 8.84. The number of pyridine rings is 1. The molecule has 0 atom stereocenters. The molecule has 0 aliphatic carbocycles. The van der Waals surface area contributed by atoms with Gasteiger partial charge in [0.2, 0.25) is 0 Å². The van der Waals surface area contributed by atoms with Crippen LogP contribution < -0.4 is 16.0 Å². The number of aliphatic imine (C=N–C) groups is 1. The van der Waals surface area contributed by atoms with Crippen molar-refractivity contribution in [3.63, 3.8) is 0 Å². The molecule has 1 rings (SSSR count). The average molecular weight is 391 g/mol. The molecule has 0 fully saturated rings. The smallest absolute Gasteiger partial charge is 0.382 e. The Morgan fingerprint density at radius 1 is 1.19 bits per heavy atom. The summed E-state index contributed by atoms with van der Waals surface area (Å²) in [6, 6.07) is 2.27. The molecule has 3 N–H and O–H groups in total. The van der Waals surface area contributed by atoms with Gasteiger partial charge in [0.05, 0.1) is 18.8 Å². The molecule has 1 heterocycles. The highest BCUT2D eigenvalue weighted by Crippen LogP contribution is 2.33. The molecule has 0 amide bonds. The quantitative estimate of drug-likeness (QED) is 0.288. The number of ether oxygens (including phenoxy) is 2. The normalized spacial score (nSPS) is 12.1. The van der Waals surface area contributed by atoms with Gasteiger partial charge in [-0.2, -0.15) is 13.2 Å². The minimum absolute atomic E-state index is 0.179. The Labute approximate surface area is 157 Å². The van der Waals surface area contributed by atoms with E-state index in [1.165, 1.54) is 12.3 Å². The first kappa shape index (κ1) is 23.0. The number of methoxy groups -OCH3 is 1. The molecule has 0 saturated carbocycles. The van der Waals surface area contributed by atoms with Crippen molar-refractivity contribution >= 4 is 11.8 Å². The summed E-state index contributed by atoms with van der Waals surface area (Å²) >= 11 is 0. The lowest BCUT2D eigenvalue weighted by atomic mass is 10.2. The Hall–Kier alpha value is -2.07. The van der Waals surface area contributed by atoms with Crippen LogP contribution in [0.2, 0.25) is 0 Å². The summed E-state index contributed by atoms with van der Waals surface area (Å²) in [6.45, 7) is 5.57. The zero-order valence-corrected chi connectivity index (χ0v) is 15.7. The van der Waals surface area contributed by atoms with Crippen LogP contribution in [0, 0.1) is 0 Å². The van der Waals surface area contributed by atoms with E-state index in [4.69, 9.17) is 9.47 Å². The van der Waals surface area contributed by atoms with E-state index in [1.54, 1.807) is 7.11 Å².